The largest absolute Gasteiger partial charge is 0.508 e. The molecule has 7 heterocycles. The molecule has 4 bridgehead atoms. The molecule has 2 aromatic carbocycles. The van der Waals surface area contributed by atoms with Gasteiger partial charge in [0.2, 0.25) is 0 Å². The van der Waals surface area contributed by atoms with Crippen molar-refractivity contribution in [3.8, 4) is 17.2 Å². The summed E-state index contributed by atoms with van der Waals surface area (Å²) in [6, 6.07) is 6.86. The lowest BCUT2D eigenvalue weighted by Gasteiger charge is -2.52. The van der Waals surface area contributed by atoms with Crippen molar-refractivity contribution in [1.29, 1.82) is 0 Å². The summed E-state index contributed by atoms with van der Waals surface area (Å²) in [6.45, 7) is 7.11. The molecule has 10 atom stereocenters. The number of nitrogens with two attached hydrogens (primary N) is 1. The fourth-order valence-corrected chi connectivity index (χ4v) is 15.7. The van der Waals surface area contributed by atoms with Crippen LogP contribution in [0.2, 0.25) is 0 Å². The Morgan fingerprint density at radius 3 is 2.63 bits per heavy atom. The van der Waals surface area contributed by atoms with Crippen LogP contribution in [0.1, 0.15) is 131 Å². The van der Waals surface area contributed by atoms with Crippen molar-refractivity contribution in [2.24, 2.45) is 28.9 Å². The Morgan fingerprint density at radius 2 is 1.85 bits per heavy atom. The lowest BCUT2D eigenvalue weighted by atomic mass is 9.61. The van der Waals surface area contributed by atoms with Crippen molar-refractivity contribution in [2.75, 3.05) is 26.2 Å². The number of dihydropyridines is 2. The van der Waals surface area contributed by atoms with Gasteiger partial charge in [-0.3, -0.25) is 10.1 Å². The van der Waals surface area contributed by atoms with Gasteiger partial charge in [-0.15, -0.1) is 0 Å². The van der Waals surface area contributed by atoms with E-state index in [9.17, 15) is 30.3 Å². The molecular weight excluding hydrogens is 927 g/mol. The second-order valence-electron chi connectivity index (χ2n) is 23.1. The summed E-state index contributed by atoms with van der Waals surface area (Å²) in [5.41, 5.74) is 12.0. The number of hydrogen-bond donors (Lipinski definition) is 10. The van der Waals surface area contributed by atoms with Crippen molar-refractivity contribution in [1.82, 2.24) is 21.3 Å². The number of esters is 1. The van der Waals surface area contributed by atoms with Crippen LogP contribution >= 0.6 is 0 Å². The molecule has 15 nitrogen and oxygen atoms in total. The van der Waals surface area contributed by atoms with E-state index in [1.807, 2.05) is 13.0 Å². The zero-order chi connectivity index (χ0) is 50.7. The van der Waals surface area contributed by atoms with E-state index in [0.29, 0.717) is 56.1 Å². The highest BCUT2D eigenvalue weighted by atomic mass is 16.6. The van der Waals surface area contributed by atoms with Crippen LogP contribution in [-0.2, 0) is 29.0 Å². The zero-order valence-electron chi connectivity index (χ0n) is 42.2. The van der Waals surface area contributed by atoms with Crippen LogP contribution in [0.5, 0.6) is 17.2 Å². The summed E-state index contributed by atoms with van der Waals surface area (Å²) >= 11 is 0. The quantitative estimate of drug-likeness (QED) is 0.105. The van der Waals surface area contributed by atoms with Crippen molar-refractivity contribution >= 4 is 16.9 Å². The van der Waals surface area contributed by atoms with Gasteiger partial charge in [-0.25, -0.2) is 4.79 Å². The summed E-state index contributed by atoms with van der Waals surface area (Å²) in [5, 5.41) is 73.4. The number of carbonyl (C=O) groups excluding carboxylic acids is 1. The molecule has 2 saturated carbocycles. The van der Waals surface area contributed by atoms with Crippen LogP contribution in [0.4, 0.5) is 0 Å². The van der Waals surface area contributed by atoms with Gasteiger partial charge in [0.25, 0.3) is 0 Å². The molecule has 3 aromatic rings. The van der Waals surface area contributed by atoms with Gasteiger partial charge in [0.05, 0.1) is 23.9 Å². The number of aryl methyl sites for hydroxylation is 1. The molecular formula is C58H71N5O10. The fraction of sp³-hybridized carbons (Fsp3) is 0.552. The van der Waals surface area contributed by atoms with E-state index < -0.39 is 53.8 Å². The first kappa shape index (κ1) is 48.4. The number of phenols is 2. The minimum absolute atomic E-state index is 0.00432. The van der Waals surface area contributed by atoms with Crippen LogP contribution in [0.25, 0.3) is 11.0 Å². The van der Waals surface area contributed by atoms with Gasteiger partial charge in [0.15, 0.2) is 5.43 Å². The van der Waals surface area contributed by atoms with E-state index in [2.05, 4.69) is 40.5 Å². The maximum atomic E-state index is 15.3. The number of ether oxygens (including phenoxy) is 2. The predicted molar refractivity (Wildman–Crippen MR) is 274 cm³/mol. The number of phenolic OH excluding ortho intramolecular Hbond substituents is 2. The van der Waals surface area contributed by atoms with E-state index in [1.54, 1.807) is 25.1 Å². The smallest absolute Gasteiger partial charge is 0.337 e. The topological polar surface area (TPSA) is 241 Å². The first-order valence-electron chi connectivity index (χ1n) is 26.9. The average Bonchev–Trinajstić information content (AvgIpc) is 3.58. The van der Waals surface area contributed by atoms with Crippen LogP contribution in [0, 0.1) is 23.2 Å². The number of piperidine rings is 2. The van der Waals surface area contributed by atoms with Crippen molar-refractivity contribution < 1.29 is 44.2 Å². The number of hydrogen-bond acceptors (Lipinski definition) is 15. The highest BCUT2D eigenvalue weighted by molar-refractivity contribution is 5.93. The number of aliphatic hydroxyl groups excluding tert-OH is 2. The summed E-state index contributed by atoms with van der Waals surface area (Å²) in [7, 11) is 0. The third-order valence-corrected chi connectivity index (χ3v) is 19.3. The van der Waals surface area contributed by atoms with Gasteiger partial charge in [-0.05, 0) is 179 Å². The Bertz CT molecular complexity index is 3020. The first-order valence-corrected chi connectivity index (χ1v) is 26.9. The molecule has 2 saturated heterocycles. The van der Waals surface area contributed by atoms with E-state index >= 15 is 4.79 Å². The molecule has 11 N–H and O–H groups in total. The molecule has 0 amide bonds. The zero-order valence-corrected chi connectivity index (χ0v) is 42.2. The molecule has 0 radical (unpaired) electrons. The maximum Gasteiger partial charge on any atom is 0.337 e. The standard InChI is InChI=1S/C58H71N5O10/c1-4-42(58(70)15-14-57(28-58)16-19-60-20-17-57)55(69)72-45-24-40-50(68)48-44(67)23-33(26-64)71-52(48)49-46-38-13-18-61-53(59)47(38)36(10-7-30-6-8-32(66)22-39(30)41(46)27-65)35-12-11-34-31(21-43(35)56(45,3)73-51(40)49)25-62-54-37(34)9-5-29(2)63-54/h4,6,8,13,22-23,25,29,35-36,41,43,45-46,54,60-66,68,70H,5,7,9-12,14-21,24,26-28,59H2,1-3H3/b42-4+/t29-,35+,36+,41+,43+,45-,46+,54?,56+,58-/m1/s1. The molecule has 3 aliphatic carbocycles. The van der Waals surface area contributed by atoms with E-state index in [1.165, 1.54) is 17.2 Å². The van der Waals surface area contributed by atoms with Gasteiger partial charge in [0, 0.05) is 60.2 Å². The number of aliphatic hydroxyl groups is 3. The monoisotopic (exact) mass is 998 g/mol. The predicted octanol–water partition coefficient (Wildman–Crippen LogP) is 5.97. The normalized spacial score (nSPS) is 33.4. The summed E-state index contributed by atoms with van der Waals surface area (Å²) < 4.78 is 21.4. The third-order valence-electron chi connectivity index (χ3n) is 19.3. The Balaban J connectivity index is 1.12. The van der Waals surface area contributed by atoms with E-state index in [4.69, 9.17) is 19.6 Å². The fourth-order valence-electron chi connectivity index (χ4n) is 15.7. The number of carbonyl (C=O) groups is 1. The summed E-state index contributed by atoms with van der Waals surface area (Å²) in [4.78, 5) is 29.8. The minimum Gasteiger partial charge on any atom is -0.508 e. The molecule has 1 aromatic heterocycles. The Morgan fingerprint density at radius 1 is 1.03 bits per heavy atom. The van der Waals surface area contributed by atoms with Gasteiger partial charge in [-0.1, -0.05) is 18.2 Å². The lowest BCUT2D eigenvalue weighted by Crippen LogP contribution is -2.59. The van der Waals surface area contributed by atoms with Gasteiger partial charge in [0.1, 0.15) is 58.1 Å². The van der Waals surface area contributed by atoms with Gasteiger partial charge in [-0.2, -0.15) is 0 Å². The molecule has 1 spiro atoms. The lowest BCUT2D eigenvalue weighted by molar-refractivity contribution is -0.171. The molecule has 4 fully saturated rings. The molecule has 1 unspecified atom stereocenters. The van der Waals surface area contributed by atoms with Crippen molar-refractivity contribution in [3.63, 3.8) is 0 Å². The maximum absolute atomic E-state index is 15.3. The highest BCUT2D eigenvalue weighted by Gasteiger charge is 2.59. The third kappa shape index (κ3) is 7.68. The van der Waals surface area contributed by atoms with Crippen LogP contribution in [0.15, 0.2) is 91.1 Å². The summed E-state index contributed by atoms with van der Waals surface area (Å²) in [6.07, 6.45) is 13.6. The molecule has 12 rings (SSSR count). The van der Waals surface area contributed by atoms with Crippen molar-refractivity contribution in [2.45, 2.75) is 152 Å². The molecule has 9 aliphatic rings. The second-order valence-corrected chi connectivity index (χ2v) is 23.1. The Hall–Kier alpha value is -5.58. The molecule has 6 aliphatic heterocycles. The van der Waals surface area contributed by atoms with E-state index in [-0.39, 0.29) is 80.9 Å². The van der Waals surface area contributed by atoms with Crippen LogP contribution in [0.3, 0.4) is 0 Å². The number of fused-ring (bicyclic) bond motifs is 10. The molecule has 15 heteroatoms. The van der Waals surface area contributed by atoms with Crippen molar-refractivity contribution in [3.05, 3.63) is 120 Å². The van der Waals surface area contributed by atoms with Crippen LogP contribution < -0.4 is 37.2 Å². The molecule has 73 heavy (non-hydrogen) atoms. The summed E-state index contributed by atoms with van der Waals surface area (Å²) in [5.74, 6) is -2.64. The Labute approximate surface area is 425 Å². The highest BCUT2D eigenvalue weighted by Crippen LogP contribution is 2.62. The number of aromatic hydroxyl groups is 2. The number of rotatable bonds is 5. The number of nitrogens with one attached hydrogen (secondary N) is 4. The van der Waals surface area contributed by atoms with Gasteiger partial charge >= 0.3 is 5.97 Å². The van der Waals surface area contributed by atoms with Crippen LogP contribution in [-0.4, -0.2) is 87.3 Å². The second kappa shape index (κ2) is 18.1. The Kier molecular flexibility index (Phi) is 12.0. The number of benzene rings is 2. The number of allylic oxidation sites excluding steroid dienone is 5. The minimum atomic E-state index is -1.41. The average molecular weight is 998 g/mol. The first-order chi connectivity index (χ1) is 35.2. The van der Waals surface area contributed by atoms with Gasteiger partial charge < -0.3 is 61.1 Å². The van der Waals surface area contributed by atoms with E-state index in [0.717, 1.165) is 85.9 Å². The molecule has 388 valence electrons. The SMILES string of the molecule is C/C=C(\C(=O)O[C@@H]1Cc2c3c(c4oc(CO)cc(=O)c4c2O)[C@H]2C4=CCNC(N)=C4[C@@H](CCc4ccc(O)cc4[C@@H]2CO)[C@@H]2CCC4=C5CC[C@@H](C)NC5NC=C4C[C@@H]2[C@]1(C)O3)[C@@]1(O)CCC2(CCNCC2)C1.